The minimum Gasteiger partial charge on any atom is -0.377 e. The molecule has 0 aromatic carbocycles. The summed E-state index contributed by atoms with van der Waals surface area (Å²) in [5, 5.41) is 11.2. The minimum absolute atomic E-state index is 0.0498. The van der Waals surface area contributed by atoms with E-state index in [0.717, 1.165) is 0 Å². The summed E-state index contributed by atoms with van der Waals surface area (Å²) in [4.78, 5) is 14.3. The van der Waals surface area contributed by atoms with Gasteiger partial charge < -0.3 is 9.64 Å². The van der Waals surface area contributed by atoms with Gasteiger partial charge in [-0.1, -0.05) is 0 Å². The van der Waals surface area contributed by atoms with Crippen LogP contribution >= 0.6 is 0 Å². The standard InChI is InChI=1S/C11H13N5O2/c1-8-7-18-6-5-15(8)11(17)9-3-2-4-16-10(9)12-13-14-16/h2-4,8H,5-7H2,1H3/t8-/m1/s1. The molecule has 7 heteroatoms. The van der Waals surface area contributed by atoms with Crippen LogP contribution in [0.5, 0.6) is 0 Å². The third-order valence-corrected chi connectivity index (χ3v) is 3.08. The van der Waals surface area contributed by atoms with Gasteiger partial charge in [0.15, 0.2) is 5.65 Å². The van der Waals surface area contributed by atoms with E-state index in [1.165, 1.54) is 4.52 Å². The molecule has 2 aromatic rings. The van der Waals surface area contributed by atoms with Crippen molar-refractivity contribution in [2.45, 2.75) is 13.0 Å². The normalized spacial score (nSPS) is 20.3. The maximum absolute atomic E-state index is 12.5. The second kappa shape index (κ2) is 4.34. The Labute approximate surface area is 103 Å². The molecule has 1 amide bonds. The number of hydrogen-bond acceptors (Lipinski definition) is 5. The lowest BCUT2D eigenvalue weighted by molar-refractivity contribution is 0.00367. The minimum atomic E-state index is -0.0498. The van der Waals surface area contributed by atoms with Crippen LogP contribution in [0.4, 0.5) is 0 Å². The number of hydrogen-bond donors (Lipinski definition) is 0. The summed E-state index contributed by atoms with van der Waals surface area (Å²) >= 11 is 0. The van der Waals surface area contributed by atoms with Crippen LogP contribution < -0.4 is 0 Å². The Morgan fingerprint density at radius 2 is 2.44 bits per heavy atom. The highest BCUT2D eigenvalue weighted by Gasteiger charge is 2.26. The molecule has 7 nitrogen and oxygen atoms in total. The largest absolute Gasteiger partial charge is 0.377 e. The van der Waals surface area contributed by atoms with Gasteiger partial charge in [-0.2, -0.15) is 4.52 Å². The number of nitrogens with zero attached hydrogens (tertiary/aromatic N) is 5. The Bertz CT molecular complexity index is 582. The highest BCUT2D eigenvalue weighted by Crippen LogP contribution is 2.14. The SMILES string of the molecule is C[C@@H]1COCCN1C(=O)c1cccn2nnnc12. The number of carbonyl (C=O) groups excluding carboxylic acids is 1. The number of pyridine rings is 1. The summed E-state index contributed by atoms with van der Waals surface area (Å²) in [6.07, 6.45) is 1.72. The molecule has 0 spiro atoms. The third kappa shape index (κ3) is 1.72. The second-order valence-electron chi connectivity index (χ2n) is 4.29. The molecule has 1 fully saturated rings. The monoisotopic (exact) mass is 247 g/mol. The average molecular weight is 247 g/mol. The number of rotatable bonds is 1. The number of amides is 1. The van der Waals surface area contributed by atoms with Crippen molar-refractivity contribution in [1.29, 1.82) is 0 Å². The molecule has 1 saturated heterocycles. The first-order valence-electron chi connectivity index (χ1n) is 5.83. The topological polar surface area (TPSA) is 72.6 Å². The van der Waals surface area contributed by atoms with Crippen LogP contribution in [-0.4, -0.2) is 56.6 Å². The van der Waals surface area contributed by atoms with Crippen LogP contribution in [0.15, 0.2) is 18.3 Å². The molecule has 1 atom stereocenters. The Hall–Kier alpha value is -2.02. The fourth-order valence-corrected chi connectivity index (χ4v) is 2.12. The van der Waals surface area contributed by atoms with E-state index in [1.54, 1.807) is 23.2 Å². The maximum atomic E-state index is 12.5. The number of morpholine rings is 1. The summed E-state index contributed by atoms with van der Waals surface area (Å²) < 4.78 is 6.83. The maximum Gasteiger partial charge on any atom is 0.258 e. The van der Waals surface area contributed by atoms with Crippen molar-refractivity contribution in [2.24, 2.45) is 0 Å². The molecule has 0 bridgehead atoms. The van der Waals surface area contributed by atoms with Crippen molar-refractivity contribution in [1.82, 2.24) is 24.9 Å². The van der Waals surface area contributed by atoms with Gasteiger partial charge in [0, 0.05) is 12.7 Å². The van der Waals surface area contributed by atoms with Gasteiger partial charge in [0.05, 0.1) is 24.8 Å². The van der Waals surface area contributed by atoms with Gasteiger partial charge in [0.2, 0.25) is 0 Å². The van der Waals surface area contributed by atoms with Crippen LogP contribution in [0.25, 0.3) is 5.65 Å². The van der Waals surface area contributed by atoms with Gasteiger partial charge in [-0.25, -0.2) is 0 Å². The molecule has 1 aliphatic heterocycles. The van der Waals surface area contributed by atoms with Crippen LogP contribution in [0.3, 0.4) is 0 Å². The first kappa shape index (κ1) is 11.1. The van der Waals surface area contributed by atoms with Crippen molar-refractivity contribution in [3.8, 4) is 0 Å². The highest BCUT2D eigenvalue weighted by molar-refractivity contribution is 5.99. The molecule has 18 heavy (non-hydrogen) atoms. The Morgan fingerprint density at radius 3 is 3.28 bits per heavy atom. The number of carbonyl (C=O) groups is 1. The van der Waals surface area contributed by atoms with Gasteiger partial charge in [0.25, 0.3) is 5.91 Å². The predicted molar refractivity (Wildman–Crippen MR) is 62.1 cm³/mol. The quantitative estimate of drug-likeness (QED) is 0.708. The number of tetrazole rings is 1. The summed E-state index contributed by atoms with van der Waals surface area (Å²) in [5.74, 6) is -0.0498. The highest BCUT2D eigenvalue weighted by atomic mass is 16.5. The van der Waals surface area contributed by atoms with Gasteiger partial charge in [0.1, 0.15) is 0 Å². The van der Waals surface area contributed by atoms with Gasteiger partial charge >= 0.3 is 0 Å². The Kier molecular flexibility index (Phi) is 2.67. The van der Waals surface area contributed by atoms with Crippen molar-refractivity contribution in [3.63, 3.8) is 0 Å². The second-order valence-corrected chi connectivity index (χ2v) is 4.29. The van der Waals surface area contributed by atoms with Crippen LogP contribution in [0.1, 0.15) is 17.3 Å². The van der Waals surface area contributed by atoms with E-state index in [-0.39, 0.29) is 11.9 Å². The van der Waals surface area contributed by atoms with E-state index >= 15 is 0 Å². The molecular weight excluding hydrogens is 234 g/mol. The first-order chi connectivity index (χ1) is 8.77. The smallest absolute Gasteiger partial charge is 0.258 e. The van der Waals surface area contributed by atoms with Crippen LogP contribution in [0, 0.1) is 0 Å². The van der Waals surface area contributed by atoms with E-state index in [2.05, 4.69) is 15.5 Å². The summed E-state index contributed by atoms with van der Waals surface area (Å²) in [6.45, 7) is 3.71. The molecule has 0 radical (unpaired) electrons. The molecular formula is C11H13N5O2. The summed E-state index contributed by atoms with van der Waals surface area (Å²) in [7, 11) is 0. The van der Waals surface area contributed by atoms with Crippen molar-refractivity contribution in [3.05, 3.63) is 23.9 Å². The molecule has 3 heterocycles. The number of fused-ring (bicyclic) bond motifs is 1. The van der Waals surface area contributed by atoms with Crippen LogP contribution in [-0.2, 0) is 4.74 Å². The fourth-order valence-electron chi connectivity index (χ4n) is 2.12. The Balaban J connectivity index is 1.98. The molecule has 3 rings (SSSR count). The third-order valence-electron chi connectivity index (χ3n) is 3.08. The van der Waals surface area contributed by atoms with Gasteiger partial charge in [-0.15, -0.1) is 5.10 Å². The lowest BCUT2D eigenvalue weighted by Gasteiger charge is -2.33. The number of ether oxygens (including phenoxy) is 1. The van der Waals surface area contributed by atoms with E-state index in [4.69, 9.17) is 4.74 Å². The Morgan fingerprint density at radius 1 is 1.56 bits per heavy atom. The number of aromatic nitrogens is 4. The first-order valence-corrected chi connectivity index (χ1v) is 5.83. The summed E-state index contributed by atoms with van der Waals surface area (Å²) in [5.41, 5.74) is 1.01. The van der Waals surface area contributed by atoms with Crippen molar-refractivity contribution >= 4 is 11.6 Å². The lowest BCUT2D eigenvalue weighted by atomic mass is 10.2. The van der Waals surface area contributed by atoms with Gasteiger partial charge in [-0.05, 0) is 29.5 Å². The van der Waals surface area contributed by atoms with Gasteiger partial charge in [-0.3, -0.25) is 4.79 Å². The predicted octanol–water partition coefficient (Wildman–Crippen LogP) is -0.0148. The summed E-state index contributed by atoms with van der Waals surface area (Å²) in [6, 6.07) is 3.58. The molecule has 0 unspecified atom stereocenters. The fraction of sp³-hybridized carbons (Fsp3) is 0.455. The zero-order valence-electron chi connectivity index (χ0n) is 9.98. The molecule has 0 aliphatic carbocycles. The molecule has 0 N–H and O–H groups in total. The van der Waals surface area contributed by atoms with Crippen molar-refractivity contribution < 1.29 is 9.53 Å². The molecule has 94 valence electrons. The van der Waals surface area contributed by atoms with E-state index < -0.39 is 0 Å². The van der Waals surface area contributed by atoms with Crippen molar-refractivity contribution in [2.75, 3.05) is 19.8 Å². The lowest BCUT2D eigenvalue weighted by Crippen LogP contribution is -2.47. The molecule has 0 saturated carbocycles. The zero-order valence-corrected chi connectivity index (χ0v) is 9.98. The van der Waals surface area contributed by atoms with E-state index in [1.807, 2.05) is 6.92 Å². The zero-order chi connectivity index (χ0) is 12.5. The molecule has 2 aromatic heterocycles. The van der Waals surface area contributed by atoms with E-state index in [9.17, 15) is 4.79 Å². The molecule has 1 aliphatic rings. The van der Waals surface area contributed by atoms with Crippen LogP contribution in [0.2, 0.25) is 0 Å². The average Bonchev–Trinajstić information content (AvgIpc) is 2.86. The van der Waals surface area contributed by atoms with E-state index in [0.29, 0.717) is 31.0 Å².